The third-order valence-corrected chi connectivity index (χ3v) is 3.60. The van der Waals surface area contributed by atoms with Crippen LogP contribution in [0.3, 0.4) is 0 Å². The Bertz CT molecular complexity index is 422. The van der Waals surface area contributed by atoms with Crippen LogP contribution in [0.25, 0.3) is 0 Å². The molecule has 5 heteroatoms. The van der Waals surface area contributed by atoms with Gasteiger partial charge < -0.3 is 15.0 Å². The summed E-state index contributed by atoms with van der Waals surface area (Å²) in [5.41, 5.74) is 1.03. The number of ether oxygens (including phenoxy) is 1. The van der Waals surface area contributed by atoms with Gasteiger partial charge in [0.15, 0.2) is 0 Å². The normalized spacial score (nSPS) is 24.3. The molecule has 19 heavy (non-hydrogen) atoms. The van der Waals surface area contributed by atoms with Crippen molar-refractivity contribution in [3.8, 4) is 0 Å². The zero-order chi connectivity index (χ0) is 13.1. The number of aromatic nitrogens is 2. The van der Waals surface area contributed by atoms with Crippen molar-refractivity contribution in [2.75, 3.05) is 24.6 Å². The van der Waals surface area contributed by atoms with E-state index in [1.165, 1.54) is 12.8 Å². The number of hydrogen-bond donors (Lipinski definition) is 1. The van der Waals surface area contributed by atoms with Gasteiger partial charge in [-0.25, -0.2) is 4.98 Å². The molecule has 2 heterocycles. The van der Waals surface area contributed by atoms with Crippen LogP contribution >= 0.6 is 0 Å². The summed E-state index contributed by atoms with van der Waals surface area (Å²) in [4.78, 5) is 11.3. The number of rotatable bonds is 4. The van der Waals surface area contributed by atoms with Gasteiger partial charge in [0.2, 0.25) is 0 Å². The van der Waals surface area contributed by atoms with Gasteiger partial charge in [0, 0.05) is 38.5 Å². The van der Waals surface area contributed by atoms with Crippen LogP contribution in [0.5, 0.6) is 0 Å². The van der Waals surface area contributed by atoms with E-state index >= 15 is 0 Å². The molecule has 1 aromatic rings. The molecule has 1 saturated heterocycles. The average Bonchev–Trinajstić information content (AvgIpc) is 3.24. The fourth-order valence-corrected chi connectivity index (χ4v) is 2.37. The third kappa shape index (κ3) is 3.64. The SMILES string of the molecule is CC1CN(c2cncc(CNC3CC3)n2)CCCO1. The summed E-state index contributed by atoms with van der Waals surface area (Å²) < 4.78 is 5.67. The zero-order valence-corrected chi connectivity index (χ0v) is 11.5. The summed E-state index contributed by atoms with van der Waals surface area (Å²) in [6.07, 6.45) is 7.63. The number of nitrogens with one attached hydrogen (secondary N) is 1. The Morgan fingerprint density at radius 1 is 1.42 bits per heavy atom. The second-order valence-electron chi connectivity index (χ2n) is 5.50. The highest BCUT2D eigenvalue weighted by molar-refractivity contribution is 5.36. The number of hydrogen-bond acceptors (Lipinski definition) is 5. The predicted octanol–water partition coefficient (Wildman–Crippen LogP) is 1.34. The number of nitrogens with zero attached hydrogens (tertiary/aromatic N) is 3. The fraction of sp³-hybridized carbons (Fsp3) is 0.714. The molecule has 1 saturated carbocycles. The van der Waals surface area contributed by atoms with Gasteiger partial charge in [-0.1, -0.05) is 0 Å². The molecule has 104 valence electrons. The lowest BCUT2D eigenvalue weighted by atomic mass is 10.3. The Hall–Kier alpha value is -1.20. The first-order chi connectivity index (χ1) is 9.31. The lowest BCUT2D eigenvalue weighted by Gasteiger charge is -2.23. The second-order valence-corrected chi connectivity index (χ2v) is 5.50. The van der Waals surface area contributed by atoms with Crippen molar-refractivity contribution < 1.29 is 4.74 Å². The Labute approximate surface area is 114 Å². The van der Waals surface area contributed by atoms with Crippen molar-refractivity contribution in [3.05, 3.63) is 18.1 Å². The minimum absolute atomic E-state index is 0.262. The van der Waals surface area contributed by atoms with Crippen LogP contribution < -0.4 is 10.2 Å². The van der Waals surface area contributed by atoms with Crippen LogP contribution in [-0.2, 0) is 11.3 Å². The zero-order valence-electron chi connectivity index (χ0n) is 11.5. The van der Waals surface area contributed by atoms with Gasteiger partial charge in [-0.05, 0) is 26.2 Å². The monoisotopic (exact) mass is 262 g/mol. The van der Waals surface area contributed by atoms with E-state index < -0.39 is 0 Å². The third-order valence-electron chi connectivity index (χ3n) is 3.60. The summed E-state index contributed by atoms with van der Waals surface area (Å²) >= 11 is 0. The minimum Gasteiger partial charge on any atom is -0.377 e. The predicted molar refractivity (Wildman–Crippen MR) is 74.1 cm³/mol. The minimum atomic E-state index is 0.262. The van der Waals surface area contributed by atoms with Crippen LogP contribution in [0.1, 0.15) is 31.9 Å². The van der Waals surface area contributed by atoms with Gasteiger partial charge in [-0.2, -0.15) is 0 Å². The Balaban J connectivity index is 1.66. The van der Waals surface area contributed by atoms with E-state index in [0.29, 0.717) is 6.04 Å². The summed E-state index contributed by atoms with van der Waals surface area (Å²) in [6, 6.07) is 0.706. The molecule has 2 aliphatic rings. The molecule has 2 fully saturated rings. The van der Waals surface area contributed by atoms with Gasteiger partial charge in [0.25, 0.3) is 0 Å². The van der Waals surface area contributed by atoms with Gasteiger partial charge in [0.1, 0.15) is 5.82 Å². The maximum atomic E-state index is 5.67. The molecule has 0 radical (unpaired) electrons. The van der Waals surface area contributed by atoms with E-state index in [1.54, 1.807) is 0 Å². The van der Waals surface area contributed by atoms with Gasteiger partial charge >= 0.3 is 0 Å². The van der Waals surface area contributed by atoms with Crippen molar-refractivity contribution in [2.45, 2.75) is 44.9 Å². The molecule has 0 aromatic carbocycles. The largest absolute Gasteiger partial charge is 0.377 e. The average molecular weight is 262 g/mol. The molecular formula is C14H22N4O. The maximum absolute atomic E-state index is 5.67. The van der Waals surface area contributed by atoms with E-state index in [1.807, 2.05) is 12.4 Å². The molecule has 1 aliphatic carbocycles. The summed E-state index contributed by atoms with van der Waals surface area (Å²) in [5, 5.41) is 3.48. The topological polar surface area (TPSA) is 50.3 Å². The Kier molecular flexibility index (Phi) is 3.94. The highest BCUT2D eigenvalue weighted by atomic mass is 16.5. The van der Waals surface area contributed by atoms with Crippen molar-refractivity contribution in [1.82, 2.24) is 15.3 Å². The Morgan fingerprint density at radius 3 is 3.16 bits per heavy atom. The van der Waals surface area contributed by atoms with E-state index in [-0.39, 0.29) is 6.10 Å². The van der Waals surface area contributed by atoms with E-state index in [2.05, 4.69) is 22.1 Å². The van der Waals surface area contributed by atoms with Crippen molar-refractivity contribution in [2.24, 2.45) is 0 Å². The van der Waals surface area contributed by atoms with Crippen LogP contribution in [-0.4, -0.2) is 41.8 Å². The van der Waals surface area contributed by atoms with Crippen LogP contribution in [0.4, 0.5) is 5.82 Å². The molecular weight excluding hydrogens is 240 g/mol. The smallest absolute Gasteiger partial charge is 0.147 e. The molecule has 1 N–H and O–H groups in total. The highest BCUT2D eigenvalue weighted by Gasteiger charge is 2.21. The lowest BCUT2D eigenvalue weighted by molar-refractivity contribution is 0.0820. The van der Waals surface area contributed by atoms with Crippen molar-refractivity contribution in [1.29, 1.82) is 0 Å². The standard InChI is InChI=1S/C14H22N4O/c1-11-10-18(5-2-6-19-11)14-9-15-7-13(17-14)8-16-12-3-4-12/h7,9,11-12,16H,2-6,8,10H2,1H3. The summed E-state index contributed by atoms with van der Waals surface area (Å²) in [7, 11) is 0. The van der Waals surface area contributed by atoms with E-state index in [9.17, 15) is 0 Å². The molecule has 0 amide bonds. The van der Waals surface area contributed by atoms with Crippen molar-refractivity contribution >= 4 is 5.82 Å². The second kappa shape index (κ2) is 5.84. The molecule has 0 bridgehead atoms. The van der Waals surface area contributed by atoms with E-state index in [4.69, 9.17) is 9.72 Å². The van der Waals surface area contributed by atoms with Crippen LogP contribution in [0, 0.1) is 0 Å². The Morgan fingerprint density at radius 2 is 2.32 bits per heavy atom. The molecule has 0 spiro atoms. The summed E-state index contributed by atoms with van der Waals surface area (Å²) in [6.45, 7) is 5.68. The molecule has 5 nitrogen and oxygen atoms in total. The summed E-state index contributed by atoms with van der Waals surface area (Å²) in [5.74, 6) is 0.979. The van der Waals surface area contributed by atoms with E-state index in [0.717, 1.165) is 44.2 Å². The first kappa shape index (κ1) is 12.8. The molecule has 1 atom stereocenters. The molecule has 1 aromatic heterocycles. The first-order valence-corrected chi connectivity index (χ1v) is 7.22. The molecule has 3 rings (SSSR count). The van der Waals surface area contributed by atoms with Gasteiger partial charge in [0.05, 0.1) is 18.0 Å². The maximum Gasteiger partial charge on any atom is 0.147 e. The van der Waals surface area contributed by atoms with Crippen molar-refractivity contribution in [3.63, 3.8) is 0 Å². The van der Waals surface area contributed by atoms with Crippen LogP contribution in [0.15, 0.2) is 12.4 Å². The lowest BCUT2D eigenvalue weighted by Crippen LogP contribution is -2.31. The number of anilines is 1. The molecule has 1 unspecified atom stereocenters. The van der Waals surface area contributed by atoms with Gasteiger partial charge in [-0.3, -0.25) is 4.98 Å². The quantitative estimate of drug-likeness (QED) is 0.887. The fourth-order valence-electron chi connectivity index (χ4n) is 2.37. The first-order valence-electron chi connectivity index (χ1n) is 7.22. The molecule has 1 aliphatic heterocycles. The van der Waals surface area contributed by atoms with Crippen LogP contribution in [0.2, 0.25) is 0 Å². The van der Waals surface area contributed by atoms with Gasteiger partial charge in [-0.15, -0.1) is 0 Å². The highest BCUT2D eigenvalue weighted by Crippen LogP contribution is 2.19.